The number of fused-ring (bicyclic) bond motifs is 4. The van der Waals surface area contributed by atoms with Gasteiger partial charge in [0.05, 0.1) is 6.10 Å². The summed E-state index contributed by atoms with van der Waals surface area (Å²) in [4.78, 5) is 19.5. The average Bonchev–Trinajstić information content (AvgIpc) is 3.56. The van der Waals surface area contributed by atoms with Crippen LogP contribution in [0.2, 0.25) is 0 Å². The molecule has 0 spiro atoms. The van der Waals surface area contributed by atoms with Gasteiger partial charge in [0.15, 0.2) is 0 Å². The third-order valence-corrected chi connectivity index (χ3v) is 10.8. The molecule has 10 nitrogen and oxygen atoms in total. The van der Waals surface area contributed by atoms with Crippen molar-refractivity contribution in [2.45, 2.75) is 75.5 Å². The number of carbonyl (C=O) groups excluding carboxylic acids is 1. The Morgan fingerprint density at radius 1 is 1.12 bits per heavy atom. The molecule has 1 saturated carbocycles. The molecule has 7 rings (SSSR count). The van der Waals surface area contributed by atoms with Gasteiger partial charge >= 0.3 is 0 Å². The highest BCUT2D eigenvalue weighted by Crippen LogP contribution is 2.39. The van der Waals surface area contributed by atoms with Gasteiger partial charge < -0.3 is 9.64 Å². The van der Waals surface area contributed by atoms with Crippen molar-refractivity contribution in [3.8, 4) is 5.75 Å². The van der Waals surface area contributed by atoms with E-state index in [-0.39, 0.29) is 35.3 Å². The minimum Gasteiger partial charge on any atom is -0.488 e. The van der Waals surface area contributed by atoms with Crippen LogP contribution in [0.15, 0.2) is 53.6 Å². The molecule has 11 heteroatoms. The van der Waals surface area contributed by atoms with Crippen LogP contribution in [0, 0.1) is 6.92 Å². The minimum atomic E-state index is -3.77. The van der Waals surface area contributed by atoms with Gasteiger partial charge in [0.2, 0.25) is 10.0 Å². The van der Waals surface area contributed by atoms with Crippen LogP contribution < -0.4 is 9.64 Å². The van der Waals surface area contributed by atoms with Crippen LogP contribution in [-0.4, -0.2) is 63.7 Å². The molecule has 43 heavy (non-hydrogen) atoms. The number of rotatable bonds is 8. The van der Waals surface area contributed by atoms with E-state index in [0.29, 0.717) is 18.8 Å². The number of Topliss-reactive ketones (excluding diaryl/α,β-unsaturated/α-hetero) is 1. The van der Waals surface area contributed by atoms with Crippen LogP contribution >= 0.6 is 0 Å². The number of anilines is 1. The Balaban J connectivity index is 1.27. The maximum absolute atomic E-state index is 14.0. The second-order valence-electron chi connectivity index (χ2n) is 12.2. The van der Waals surface area contributed by atoms with Gasteiger partial charge in [-0.1, -0.05) is 23.4 Å². The second-order valence-corrected chi connectivity index (χ2v) is 14.1. The first kappa shape index (κ1) is 28.0. The summed E-state index contributed by atoms with van der Waals surface area (Å²) in [7, 11) is -1.92. The number of ether oxygens (including phenoxy) is 1. The van der Waals surface area contributed by atoms with E-state index in [1.165, 1.54) is 0 Å². The minimum absolute atomic E-state index is 0.0663. The molecule has 1 saturated heterocycles. The lowest BCUT2D eigenvalue weighted by Gasteiger charge is -2.26. The van der Waals surface area contributed by atoms with Crippen LogP contribution in [0.5, 0.6) is 5.75 Å². The quantitative estimate of drug-likeness (QED) is 0.291. The Morgan fingerprint density at radius 2 is 1.95 bits per heavy atom. The molecule has 2 fully saturated rings. The van der Waals surface area contributed by atoms with Gasteiger partial charge in [-0.05, 0) is 86.1 Å². The van der Waals surface area contributed by atoms with Crippen LogP contribution in [0.4, 0.5) is 5.82 Å². The normalized spacial score (nSPS) is 20.4. The largest absolute Gasteiger partial charge is 0.488 e. The van der Waals surface area contributed by atoms with E-state index >= 15 is 0 Å². The van der Waals surface area contributed by atoms with E-state index < -0.39 is 10.0 Å². The molecule has 224 valence electrons. The monoisotopic (exact) mass is 600 g/mol. The highest BCUT2D eigenvalue weighted by molar-refractivity contribution is 7.89. The van der Waals surface area contributed by atoms with Crippen molar-refractivity contribution in [3.63, 3.8) is 0 Å². The predicted octanol–water partition coefficient (Wildman–Crippen LogP) is 4.50. The van der Waals surface area contributed by atoms with Gasteiger partial charge in [0.25, 0.3) is 0 Å². The van der Waals surface area contributed by atoms with Crippen molar-refractivity contribution in [3.05, 3.63) is 70.9 Å². The highest BCUT2D eigenvalue weighted by Gasteiger charge is 2.40. The molecule has 0 amide bonds. The van der Waals surface area contributed by atoms with Gasteiger partial charge in [0.1, 0.15) is 33.3 Å². The fourth-order valence-electron chi connectivity index (χ4n) is 6.54. The molecule has 2 aromatic heterocycles. The van der Waals surface area contributed by atoms with Crippen LogP contribution in [0.3, 0.4) is 0 Å². The summed E-state index contributed by atoms with van der Waals surface area (Å²) in [6.45, 7) is 5.07. The Hall–Kier alpha value is -3.83. The summed E-state index contributed by atoms with van der Waals surface area (Å²) >= 11 is 0. The van der Waals surface area contributed by atoms with E-state index in [2.05, 4.69) is 26.3 Å². The molecule has 2 atom stereocenters. The van der Waals surface area contributed by atoms with E-state index in [9.17, 15) is 13.2 Å². The summed E-state index contributed by atoms with van der Waals surface area (Å²) in [5.74, 6) is 1.10. The standard InChI is InChI=1S/C32H36N6O4S/c1-20-8-9-22(27(14-21(2)39)23-16-28-31(36(3)35-34-28)29(17-23)42-26-10-11-26)15-24(20)18-37-19-25-6-5-13-38(25)32-30(43(37,40)41)7-4-12-33-32/h4,7-9,12,15-17,25-27H,5-6,10-11,13-14,18-19H2,1-3H3/t25-,27-/m1/s1. The fraction of sp³-hybridized carbons (Fsp3) is 0.438. The summed E-state index contributed by atoms with van der Waals surface area (Å²) in [6.07, 6.45) is 6.14. The lowest BCUT2D eigenvalue weighted by molar-refractivity contribution is -0.117. The Morgan fingerprint density at radius 3 is 2.74 bits per heavy atom. The number of ketones is 1. The lowest BCUT2D eigenvalue weighted by Crippen LogP contribution is -2.39. The SMILES string of the molecule is CC(=O)C[C@H](c1ccc(C)c(CN2C[C@H]3CCCN3c3ncccc3S2(=O)=O)c1)c1cc(OC2CC2)c2c(c1)nnn2C. The van der Waals surface area contributed by atoms with E-state index in [1.54, 1.807) is 34.2 Å². The number of sulfonamides is 1. The van der Waals surface area contributed by atoms with Crippen molar-refractivity contribution >= 4 is 32.7 Å². The number of hydrogen-bond donors (Lipinski definition) is 0. The molecular weight excluding hydrogens is 564 g/mol. The van der Waals surface area contributed by atoms with Crippen molar-refractivity contribution in [2.75, 3.05) is 18.0 Å². The smallest absolute Gasteiger partial charge is 0.247 e. The van der Waals surface area contributed by atoms with Crippen LogP contribution in [-0.2, 0) is 28.4 Å². The zero-order valence-electron chi connectivity index (χ0n) is 24.7. The van der Waals surface area contributed by atoms with Crippen molar-refractivity contribution < 1.29 is 17.9 Å². The summed E-state index contributed by atoms with van der Waals surface area (Å²) in [5, 5.41) is 8.59. The average molecular weight is 601 g/mol. The number of carbonyl (C=O) groups is 1. The van der Waals surface area contributed by atoms with Gasteiger partial charge in [-0.2, -0.15) is 4.31 Å². The molecule has 0 N–H and O–H groups in total. The first-order valence-corrected chi connectivity index (χ1v) is 16.4. The molecule has 2 aliphatic heterocycles. The van der Waals surface area contributed by atoms with Gasteiger partial charge in [-0.25, -0.2) is 18.1 Å². The molecule has 0 unspecified atom stereocenters. The molecule has 3 aliphatic rings. The van der Waals surface area contributed by atoms with Crippen LogP contribution in [0.25, 0.3) is 11.0 Å². The predicted molar refractivity (Wildman–Crippen MR) is 163 cm³/mol. The van der Waals surface area contributed by atoms with E-state index in [0.717, 1.165) is 71.3 Å². The summed E-state index contributed by atoms with van der Waals surface area (Å²) in [5.41, 5.74) is 5.36. The maximum Gasteiger partial charge on any atom is 0.247 e. The first-order chi connectivity index (χ1) is 20.7. The Labute approximate surface area is 251 Å². The zero-order valence-corrected chi connectivity index (χ0v) is 25.5. The van der Waals surface area contributed by atoms with E-state index in [4.69, 9.17) is 4.74 Å². The number of aromatic nitrogens is 4. The van der Waals surface area contributed by atoms with Gasteiger partial charge in [0, 0.05) is 51.3 Å². The summed E-state index contributed by atoms with van der Waals surface area (Å²) in [6, 6.07) is 13.6. The van der Waals surface area contributed by atoms with Crippen LogP contribution in [0.1, 0.15) is 67.2 Å². The Bertz CT molecular complexity index is 1830. The number of benzene rings is 2. The number of pyridine rings is 1. The van der Waals surface area contributed by atoms with Gasteiger partial charge in [-0.3, -0.25) is 4.79 Å². The number of nitrogens with zero attached hydrogens (tertiary/aromatic N) is 6. The molecule has 0 radical (unpaired) electrons. The van der Waals surface area contributed by atoms with E-state index in [1.807, 2.05) is 38.2 Å². The molecule has 0 bridgehead atoms. The third-order valence-electron chi connectivity index (χ3n) is 8.95. The maximum atomic E-state index is 14.0. The van der Waals surface area contributed by atoms with Crippen molar-refractivity contribution in [1.29, 1.82) is 0 Å². The van der Waals surface area contributed by atoms with Gasteiger partial charge in [-0.15, -0.1) is 5.10 Å². The molecule has 4 heterocycles. The van der Waals surface area contributed by atoms with Crippen molar-refractivity contribution in [2.24, 2.45) is 7.05 Å². The lowest BCUT2D eigenvalue weighted by atomic mass is 9.85. The highest BCUT2D eigenvalue weighted by atomic mass is 32.2. The third kappa shape index (κ3) is 5.18. The summed E-state index contributed by atoms with van der Waals surface area (Å²) < 4.78 is 37.6. The Kier molecular flexibility index (Phi) is 6.97. The second kappa shape index (κ2) is 10.7. The topological polar surface area (TPSA) is 111 Å². The number of aryl methyl sites for hydroxylation is 2. The first-order valence-electron chi connectivity index (χ1n) is 15.0. The zero-order chi connectivity index (χ0) is 29.9. The molecule has 2 aromatic carbocycles. The fourth-order valence-corrected chi connectivity index (χ4v) is 8.15. The molecule has 4 aromatic rings. The molecular formula is C32H36N6O4S. The molecule has 1 aliphatic carbocycles. The number of hydrogen-bond acceptors (Lipinski definition) is 8. The van der Waals surface area contributed by atoms with Crippen molar-refractivity contribution in [1.82, 2.24) is 24.3 Å².